The zero-order chi connectivity index (χ0) is 57.6. The van der Waals surface area contributed by atoms with Crippen LogP contribution >= 0.6 is 0 Å². The lowest BCUT2D eigenvalue weighted by Crippen LogP contribution is -2.36. The number of amides is 3. The summed E-state index contributed by atoms with van der Waals surface area (Å²) in [4.78, 5) is 81.0. The van der Waals surface area contributed by atoms with Crippen molar-refractivity contribution in [3.8, 4) is 23.0 Å². The fraction of sp³-hybridized carbons (Fsp3) is 0.203. The molecule has 0 radical (unpaired) electrons. The second-order valence-corrected chi connectivity index (χ2v) is 17.7. The maximum absolute atomic E-state index is 12.3. The summed E-state index contributed by atoms with van der Waals surface area (Å²) >= 11 is 0. The van der Waals surface area contributed by atoms with Crippen LogP contribution in [0.5, 0.6) is 23.0 Å². The Kier molecular flexibility index (Phi) is 24.0. The molecule has 16 heteroatoms. The lowest BCUT2D eigenvalue weighted by molar-refractivity contribution is -0.138. The Bertz CT molecular complexity index is 3350. The number of fused-ring (bicyclic) bond motifs is 3. The quantitative estimate of drug-likeness (QED) is 0.0440. The number of aryl methyl sites for hydroxylation is 2. The van der Waals surface area contributed by atoms with Crippen molar-refractivity contribution in [2.45, 2.75) is 54.1 Å². The van der Waals surface area contributed by atoms with Gasteiger partial charge in [-0.3, -0.25) is 33.6 Å². The Morgan fingerprint density at radius 1 is 0.588 bits per heavy atom. The number of anilines is 3. The largest absolute Gasteiger partial charge is 0.504 e. The number of carbonyl (C=O) groups excluding carboxylic acids is 7. The fourth-order valence-electron chi connectivity index (χ4n) is 7.86. The van der Waals surface area contributed by atoms with Gasteiger partial charge in [0.15, 0.2) is 34.4 Å². The number of ketones is 4. The Hall–Kier alpha value is -9.51. The molecule has 3 amide bonds. The number of phenols is 1. The van der Waals surface area contributed by atoms with Gasteiger partial charge in [0.2, 0.25) is 0 Å². The molecule has 3 aliphatic heterocycles. The third kappa shape index (κ3) is 17.2. The zero-order valence-corrected chi connectivity index (χ0v) is 45.3. The molecule has 416 valence electrons. The summed E-state index contributed by atoms with van der Waals surface area (Å²) in [6, 6.07) is 37.1. The van der Waals surface area contributed by atoms with Crippen molar-refractivity contribution < 1.29 is 58.0 Å². The van der Waals surface area contributed by atoms with Crippen LogP contribution < -0.4 is 35.5 Å². The molecule has 6 aromatic carbocycles. The van der Waals surface area contributed by atoms with E-state index < -0.39 is 23.2 Å². The van der Waals surface area contributed by atoms with Crippen LogP contribution in [0.15, 0.2) is 152 Å². The molecule has 0 bridgehead atoms. The van der Waals surface area contributed by atoms with Crippen LogP contribution in [0.2, 0.25) is 0 Å². The van der Waals surface area contributed by atoms with E-state index in [2.05, 4.69) is 35.1 Å². The highest BCUT2D eigenvalue weighted by Crippen LogP contribution is 2.38. The molecular weight excluding hydrogens is 1020 g/mol. The fourth-order valence-corrected chi connectivity index (χ4v) is 7.86. The molecule has 0 saturated heterocycles. The zero-order valence-electron chi connectivity index (χ0n) is 45.3. The number of ether oxygens (including phenoxy) is 3. The molecule has 1 unspecified atom stereocenters. The third-order valence-electron chi connectivity index (χ3n) is 12.0. The van der Waals surface area contributed by atoms with Gasteiger partial charge in [0, 0.05) is 22.5 Å². The van der Waals surface area contributed by atoms with Crippen molar-refractivity contribution in [3.63, 3.8) is 0 Å². The van der Waals surface area contributed by atoms with E-state index in [1.54, 1.807) is 111 Å². The van der Waals surface area contributed by atoms with Crippen molar-refractivity contribution in [2.24, 2.45) is 0 Å². The number of aromatic hydroxyl groups is 1. The van der Waals surface area contributed by atoms with Crippen molar-refractivity contribution in [2.75, 3.05) is 50.4 Å². The molecule has 6 aromatic rings. The molecule has 16 nitrogen and oxygen atoms in total. The van der Waals surface area contributed by atoms with E-state index in [1.807, 2.05) is 62.4 Å². The van der Waals surface area contributed by atoms with E-state index in [0.29, 0.717) is 45.1 Å². The van der Waals surface area contributed by atoms with E-state index in [1.165, 1.54) is 38.3 Å². The normalized spacial score (nSPS) is 14.7. The van der Waals surface area contributed by atoms with Gasteiger partial charge in [-0.2, -0.15) is 0 Å². The van der Waals surface area contributed by atoms with Crippen molar-refractivity contribution in [3.05, 3.63) is 196 Å². The summed E-state index contributed by atoms with van der Waals surface area (Å²) in [5.74, 6) is -0.506. The van der Waals surface area contributed by atoms with Gasteiger partial charge in [0.05, 0.1) is 44.6 Å². The number of nitrogens with one attached hydrogen (secondary N) is 4. The lowest BCUT2D eigenvalue weighted by atomic mass is 9.90. The standard InChI is InChI=1S/C20H19NO4.C19H15NO4.C12H14O2.C8H5NO2.C4H11N.CH4/c1-13-7-8-14(11-18(13)25-2)9-10-15(22)12-20(24)16-5-3-4-6-17(16)21-19(20)23;1-24-18-10-12(7-9-17(18)22)6-8-13(21)11-15-14-4-2-3-5-16(14)20-19(15)23;1-9-4-6-11(7-5-10(2)13)8-12(9)14-3;10-7-5-3-1-2-4-6(5)9-8(7)11;1-3-5-4-2;/h3-11,24H,12H2,1-2H3,(H,21,23);2-11,22H,1H3,(H,20,23);4-8H,1-3H3;1-4H,(H,9,10,11);5H,3-4H2,1-2H3;1H4/b10-9+;8-6+,15-11+;7-5+;;;. The highest BCUT2D eigenvalue weighted by atomic mass is 16.5. The molecule has 0 spiro atoms. The van der Waals surface area contributed by atoms with Crippen LogP contribution in [0.25, 0.3) is 23.8 Å². The first kappa shape index (κ1) is 63.0. The minimum Gasteiger partial charge on any atom is -0.504 e. The molecule has 0 aromatic heterocycles. The Labute approximate surface area is 466 Å². The predicted octanol–water partition coefficient (Wildman–Crippen LogP) is 10.5. The van der Waals surface area contributed by atoms with Crippen LogP contribution in [-0.4, -0.2) is 85.5 Å². The minimum atomic E-state index is -1.83. The first-order chi connectivity index (χ1) is 37.8. The van der Waals surface area contributed by atoms with Gasteiger partial charge in [-0.1, -0.05) is 118 Å². The number of phenolic OH excluding ortho intramolecular Hbond substituents is 1. The van der Waals surface area contributed by atoms with Gasteiger partial charge in [-0.15, -0.1) is 0 Å². The second kappa shape index (κ2) is 30.4. The van der Waals surface area contributed by atoms with E-state index in [9.17, 15) is 43.8 Å². The van der Waals surface area contributed by atoms with E-state index >= 15 is 0 Å². The van der Waals surface area contributed by atoms with Gasteiger partial charge >= 0.3 is 0 Å². The van der Waals surface area contributed by atoms with E-state index in [0.717, 1.165) is 52.4 Å². The molecule has 3 aliphatic rings. The molecule has 0 fully saturated rings. The Balaban J connectivity index is 0.000000231. The minimum absolute atomic E-state index is 0. The number of aliphatic hydroxyl groups is 1. The number of rotatable bonds is 14. The van der Waals surface area contributed by atoms with E-state index in [-0.39, 0.29) is 42.9 Å². The monoisotopic (exact) mass is 1080 g/mol. The Morgan fingerprint density at radius 2 is 1.06 bits per heavy atom. The second-order valence-electron chi connectivity index (χ2n) is 17.7. The Morgan fingerprint density at radius 3 is 1.60 bits per heavy atom. The number of hydrogen-bond acceptors (Lipinski definition) is 13. The van der Waals surface area contributed by atoms with Gasteiger partial charge in [0.25, 0.3) is 23.5 Å². The molecule has 6 N–H and O–H groups in total. The number of Topliss-reactive ketones (excluding diaryl/α,β-unsaturated/α-hetero) is 1. The first-order valence-electron chi connectivity index (χ1n) is 25.0. The van der Waals surface area contributed by atoms with Gasteiger partial charge in [0.1, 0.15) is 11.5 Å². The third-order valence-corrected chi connectivity index (χ3v) is 12.0. The van der Waals surface area contributed by atoms with Crippen LogP contribution in [0.4, 0.5) is 17.1 Å². The number of hydrogen-bond donors (Lipinski definition) is 6. The molecular formula is C64H68N4O12. The van der Waals surface area contributed by atoms with Gasteiger partial charge in [-0.05, 0) is 135 Å². The summed E-state index contributed by atoms with van der Waals surface area (Å²) in [5.41, 5.74) is 6.56. The van der Waals surface area contributed by atoms with Crippen molar-refractivity contribution in [1.82, 2.24) is 5.32 Å². The first-order valence-corrected chi connectivity index (χ1v) is 25.0. The molecule has 9 rings (SSSR count). The molecule has 1 atom stereocenters. The summed E-state index contributed by atoms with van der Waals surface area (Å²) in [6.45, 7) is 11.8. The summed E-state index contributed by atoms with van der Waals surface area (Å²) in [7, 11) is 4.68. The number of benzene rings is 6. The molecule has 3 heterocycles. The van der Waals surface area contributed by atoms with Crippen molar-refractivity contribution in [1.29, 1.82) is 0 Å². The van der Waals surface area contributed by atoms with Crippen molar-refractivity contribution >= 4 is 81.7 Å². The number of para-hydroxylation sites is 3. The summed E-state index contributed by atoms with van der Waals surface area (Å²) in [6.07, 6.45) is 10.3. The summed E-state index contributed by atoms with van der Waals surface area (Å²) in [5, 5.41) is 31.2. The highest BCUT2D eigenvalue weighted by Gasteiger charge is 2.46. The van der Waals surface area contributed by atoms with Crippen LogP contribution in [-0.2, 0) is 34.4 Å². The van der Waals surface area contributed by atoms with Crippen LogP contribution in [0.3, 0.4) is 0 Å². The molecule has 80 heavy (non-hydrogen) atoms. The molecule has 0 aliphatic carbocycles. The van der Waals surface area contributed by atoms with Crippen LogP contribution in [0.1, 0.15) is 83.9 Å². The molecule has 0 saturated carbocycles. The maximum atomic E-state index is 12.3. The lowest BCUT2D eigenvalue weighted by Gasteiger charge is -2.19. The smallest absolute Gasteiger partial charge is 0.296 e. The predicted molar refractivity (Wildman–Crippen MR) is 315 cm³/mol. The van der Waals surface area contributed by atoms with Gasteiger partial charge in [-0.25, -0.2) is 0 Å². The number of carbonyl (C=O) groups is 7. The SMILES string of the molecule is C.CCNCC.COc1cc(/C=C/C(=O)/C=C2/C(=O)Nc3ccccc32)ccc1O.COc1cc(/C=C/C(=O)CC2(O)C(=O)Nc3ccccc32)ccc1C.COc1cc(/C=C/C(C)=O)ccc1C.O=C1Nc2ccccc2C1=O. The highest BCUT2D eigenvalue weighted by molar-refractivity contribution is 6.51. The van der Waals surface area contributed by atoms with Gasteiger partial charge < -0.3 is 45.7 Å². The number of methoxy groups -OCH3 is 3. The topological polar surface area (TPSA) is 236 Å². The summed E-state index contributed by atoms with van der Waals surface area (Å²) < 4.78 is 15.5. The average Bonchev–Trinajstić information content (AvgIpc) is 4.02. The average molecular weight is 1090 g/mol. The van der Waals surface area contributed by atoms with Crippen LogP contribution in [0, 0.1) is 13.8 Å². The van der Waals surface area contributed by atoms with E-state index in [4.69, 9.17) is 14.2 Å². The number of allylic oxidation sites excluding steroid dienone is 4. The maximum Gasteiger partial charge on any atom is 0.296 e.